The first kappa shape index (κ1) is 22.8. The maximum absolute atomic E-state index is 13.1. The van der Waals surface area contributed by atoms with Crippen LogP contribution in [0.2, 0.25) is 5.02 Å². The molecular weight excluding hydrogens is 464 g/mol. The summed E-state index contributed by atoms with van der Waals surface area (Å²) in [6.45, 7) is 2.20. The van der Waals surface area contributed by atoms with Crippen LogP contribution in [-0.2, 0) is 9.59 Å². The highest BCUT2D eigenvalue weighted by molar-refractivity contribution is 6.39. The molecule has 172 valence electrons. The Morgan fingerprint density at radius 2 is 1.94 bits per heavy atom. The Balaban J connectivity index is 1.64. The van der Waals surface area contributed by atoms with Gasteiger partial charge in [-0.05, 0) is 49.4 Å². The average Bonchev–Trinajstić information content (AvgIpc) is 3.25. The molecule has 0 bridgehead atoms. The second kappa shape index (κ2) is 9.24. The summed E-state index contributed by atoms with van der Waals surface area (Å²) in [5.74, 6) is -1.87. The summed E-state index contributed by atoms with van der Waals surface area (Å²) in [6.07, 6.45) is 1.22. The molecule has 1 aliphatic rings. The van der Waals surface area contributed by atoms with Crippen LogP contribution in [0, 0.1) is 0 Å². The minimum Gasteiger partial charge on any atom is -0.494 e. The molecular formula is C24H17ClN2O7. The molecule has 1 aliphatic heterocycles. The van der Waals surface area contributed by atoms with Crippen molar-refractivity contribution in [3.8, 4) is 17.1 Å². The van der Waals surface area contributed by atoms with Crippen LogP contribution in [0.25, 0.3) is 17.4 Å². The molecule has 1 aromatic heterocycles. The second-order valence-electron chi connectivity index (χ2n) is 7.09. The number of ether oxygens (including phenoxy) is 1. The summed E-state index contributed by atoms with van der Waals surface area (Å²) in [6, 6.07) is 12.9. The first-order chi connectivity index (χ1) is 16.3. The minimum absolute atomic E-state index is 0.0339. The monoisotopic (exact) mass is 480 g/mol. The predicted molar refractivity (Wildman–Crippen MR) is 123 cm³/mol. The van der Waals surface area contributed by atoms with Crippen LogP contribution < -0.4 is 15.0 Å². The number of aromatic carboxylic acids is 1. The van der Waals surface area contributed by atoms with Gasteiger partial charge in [0.15, 0.2) is 0 Å². The van der Waals surface area contributed by atoms with Gasteiger partial charge in [0.25, 0.3) is 11.8 Å². The number of hydrogen-bond acceptors (Lipinski definition) is 6. The smallest absolute Gasteiger partial charge is 0.337 e. The molecule has 0 unspecified atom stereocenters. The molecule has 1 saturated heterocycles. The SMILES string of the molecule is CCOc1cccc(N2C(=O)NC(=O)C(=Cc3ccc(-c4ccc(C(=O)O)c(Cl)c4)o3)C2=O)c1. The number of imide groups is 2. The number of nitrogens with zero attached hydrogens (tertiary/aromatic N) is 1. The zero-order valence-corrected chi connectivity index (χ0v) is 18.5. The van der Waals surface area contributed by atoms with E-state index in [4.69, 9.17) is 25.9 Å². The molecule has 2 N–H and O–H groups in total. The Hall–Kier alpha value is -4.37. The molecule has 34 heavy (non-hydrogen) atoms. The van der Waals surface area contributed by atoms with Crippen LogP contribution in [0.3, 0.4) is 0 Å². The number of furan rings is 1. The van der Waals surface area contributed by atoms with Gasteiger partial charge in [0.05, 0.1) is 22.9 Å². The van der Waals surface area contributed by atoms with E-state index in [0.29, 0.717) is 23.7 Å². The zero-order valence-electron chi connectivity index (χ0n) is 17.7. The number of carbonyl (C=O) groups excluding carboxylic acids is 3. The fourth-order valence-electron chi connectivity index (χ4n) is 3.34. The number of benzene rings is 2. The lowest BCUT2D eigenvalue weighted by molar-refractivity contribution is -0.122. The van der Waals surface area contributed by atoms with Crippen LogP contribution in [0.5, 0.6) is 5.75 Å². The van der Waals surface area contributed by atoms with E-state index in [1.54, 1.807) is 31.2 Å². The molecule has 4 amide bonds. The maximum Gasteiger partial charge on any atom is 0.337 e. The number of carbonyl (C=O) groups is 4. The van der Waals surface area contributed by atoms with Gasteiger partial charge in [-0.3, -0.25) is 14.9 Å². The Labute approximate surface area is 198 Å². The number of barbiturate groups is 1. The zero-order chi connectivity index (χ0) is 24.4. The van der Waals surface area contributed by atoms with Crippen LogP contribution >= 0.6 is 11.6 Å². The van der Waals surface area contributed by atoms with Crippen molar-refractivity contribution in [3.05, 3.63) is 76.5 Å². The highest BCUT2D eigenvalue weighted by Gasteiger charge is 2.37. The first-order valence-corrected chi connectivity index (χ1v) is 10.4. The van der Waals surface area contributed by atoms with Gasteiger partial charge in [-0.1, -0.05) is 23.7 Å². The molecule has 0 aliphatic carbocycles. The summed E-state index contributed by atoms with van der Waals surface area (Å²) in [5, 5.41) is 11.3. The van der Waals surface area contributed by atoms with Gasteiger partial charge in [-0.25, -0.2) is 14.5 Å². The topological polar surface area (TPSA) is 126 Å². The average molecular weight is 481 g/mol. The lowest BCUT2D eigenvalue weighted by Crippen LogP contribution is -2.54. The van der Waals surface area contributed by atoms with Gasteiger partial charge in [-0.15, -0.1) is 0 Å². The number of carboxylic acids is 1. The van der Waals surface area contributed by atoms with Crippen molar-refractivity contribution in [2.75, 3.05) is 11.5 Å². The first-order valence-electron chi connectivity index (χ1n) is 10.1. The molecule has 0 radical (unpaired) electrons. The predicted octanol–water partition coefficient (Wildman–Crippen LogP) is 4.36. The largest absolute Gasteiger partial charge is 0.494 e. The van der Waals surface area contributed by atoms with Gasteiger partial charge < -0.3 is 14.3 Å². The molecule has 2 heterocycles. The van der Waals surface area contributed by atoms with Gasteiger partial charge in [0.1, 0.15) is 22.8 Å². The fraction of sp³-hybridized carbons (Fsp3) is 0.0833. The molecule has 1 fully saturated rings. The van der Waals surface area contributed by atoms with Crippen molar-refractivity contribution in [1.82, 2.24) is 5.32 Å². The van der Waals surface area contributed by atoms with Crippen molar-refractivity contribution < 1.29 is 33.4 Å². The van der Waals surface area contributed by atoms with E-state index < -0.39 is 23.8 Å². The number of urea groups is 1. The fourth-order valence-corrected chi connectivity index (χ4v) is 3.60. The van der Waals surface area contributed by atoms with Gasteiger partial charge in [0, 0.05) is 11.6 Å². The Bertz CT molecular complexity index is 1360. The summed E-state index contributed by atoms with van der Waals surface area (Å²) in [5.41, 5.74) is 0.382. The lowest BCUT2D eigenvalue weighted by atomic mass is 10.1. The van der Waals surface area contributed by atoms with Crippen molar-refractivity contribution >= 4 is 47.2 Å². The van der Waals surface area contributed by atoms with E-state index in [1.165, 1.54) is 36.4 Å². The van der Waals surface area contributed by atoms with Crippen LogP contribution in [0.1, 0.15) is 23.0 Å². The molecule has 4 rings (SSSR count). The quantitative estimate of drug-likeness (QED) is 0.396. The summed E-state index contributed by atoms with van der Waals surface area (Å²) in [4.78, 5) is 49.8. The number of amides is 4. The Morgan fingerprint density at radius 3 is 2.65 bits per heavy atom. The number of hydrogen-bond donors (Lipinski definition) is 2. The molecule has 0 spiro atoms. The third-order valence-corrected chi connectivity index (χ3v) is 5.20. The van der Waals surface area contributed by atoms with Crippen molar-refractivity contribution in [1.29, 1.82) is 0 Å². The standard InChI is InChI=1S/C24H17ClN2O7/c1-2-33-15-5-3-4-14(11-15)27-22(29)18(21(28)26-24(27)32)12-16-7-9-20(34-16)13-6-8-17(23(30)31)19(25)10-13/h3-12H,2H2,1H3,(H,30,31)(H,26,28,32). The highest BCUT2D eigenvalue weighted by atomic mass is 35.5. The molecule has 0 saturated carbocycles. The van der Waals surface area contributed by atoms with Crippen molar-refractivity contribution in [2.45, 2.75) is 6.92 Å². The van der Waals surface area contributed by atoms with Crippen LogP contribution in [0.4, 0.5) is 10.5 Å². The number of rotatable bonds is 6. The molecule has 9 nitrogen and oxygen atoms in total. The number of carboxylic acid groups (broad SMARTS) is 1. The van der Waals surface area contributed by atoms with Gasteiger partial charge >= 0.3 is 12.0 Å². The normalized spacial score (nSPS) is 14.9. The highest BCUT2D eigenvalue weighted by Crippen LogP contribution is 2.29. The maximum atomic E-state index is 13.1. The summed E-state index contributed by atoms with van der Waals surface area (Å²) < 4.78 is 11.1. The molecule has 3 aromatic rings. The third-order valence-electron chi connectivity index (χ3n) is 4.89. The second-order valence-corrected chi connectivity index (χ2v) is 7.50. The van der Waals surface area contributed by atoms with Gasteiger partial charge in [0.2, 0.25) is 0 Å². The van der Waals surface area contributed by atoms with E-state index >= 15 is 0 Å². The van der Waals surface area contributed by atoms with Crippen LogP contribution in [-0.4, -0.2) is 35.5 Å². The Morgan fingerprint density at radius 1 is 1.15 bits per heavy atom. The molecule has 2 aromatic carbocycles. The van der Waals surface area contributed by atoms with Crippen molar-refractivity contribution in [2.24, 2.45) is 0 Å². The van der Waals surface area contributed by atoms with E-state index in [9.17, 15) is 19.2 Å². The van der Waals surface area contributed by atoms with Crippen LogP contribution in [0.15, 0.2) is 64.6 Å². The third kappa shape index (κ3) is 4.41. The van der Waals surface area contributed by atoms with E-state index in [2.05, 4.69) is 5.32 Å². The van der Waals surface area contributed by atoms with E-state index in [1.807, 2.05) is 0 Å². The van der Waals surface area contributed by atoms with Gasteiger partial charge in [-0.2, -0.15) is 0 Å². The van der Waals surface area contributed by atoms with E-state index in [-0.39, 0.29) is 27.6 Å². The summed E-state index contributed by atoms with van der Waals surface area (Å²) in [7, 11) is 0. The number of anilines is 1. The Kier molecular flexibility index (Phi) is 6.20. The number of halogens is 1. The molecule has 0 atom stereocenters. The van der Waals surface area contributed by atoms with Crippen molar-refractivity contribution in [3.63, 3.8) is 0 Å². The number of nitrogens with one attached hydrogen (secondary N) is 1. The summed E-state index contributed by atoms with van der Waals surface area (Å²) >= 11 is 6.02. The lowest BCUT2D eigenvalue weighted by Gasteiger charge is -2.26. The van der Waals surface area contributed by atoms with E-state index in [0.717, 1.165) is 4.90 Å². The minimum atomic E-state index is -1.16. The molecule has 10 heteroatoms.